The molecule has 1 aliphatic rings. The molecule has 1 heterocycles. The summed E-state index contributed by atoms with van der Waals surface area (Å²) in [6.45, 7) is -0.0661. The number of methoxy groups -OCH3 is 1. The summed E-state index contributed by atoms with van der Waals surface area (Å²) < 4.78 is 21.2. The lowest BCUT2D eigenvalue weighted by atomic mass is 10.2. The number of carbonyl (C=O) groups is 1. The van der Waals surface area contributed by atoms with Crippen LogP contribution in [-0.4, -0.2) is 32.6 Å². The van der Waals surface area contributed by atoms with Crippen LogP contribution in [0.2, 0.25) is 0 Å². The maximum atomic E-state index is 11.8. The number of rotatable bonds is 6. The second kappa shape index (κ2) is 7.90. The van der Waals surface area contributed by atoms with Crippen LogP contribution in [0.3, 0.4) is 0 Å². The van der Waals surface area contributed by atoms with Crippen LogP contribution in [0.15, 0.2) is 41.5 Å². The molecule has 0 spiro atoms. The summed E-state index contributed by atoms with van der Waals surface area (Å²) in [6.07, 6.45) is 1.46. The fourth-order valence-electron chi connectivity index (χ4n) is 2.21. The maximum Gasteiger partial charge on any atom is 0.277 e. The van der Waals surface area contributed by atoms with E-state index in [9.17, 15) is 4.79 Å². The van der Waals surface area contributed by atoms with E-state index in [2.05, 4.69) is 10.5 Å². The number of nitrogens with zero attached hydrogens (tertiary/aromatic N) is 2. The summed E-state index contributed by atoms with van der Waals surface area (Å²) >= 11 is 0. The zero-order chi connectivity index (χ0) is 18.4. The molecule has 1 aliphatic heterocycles. The highest BCUT2D eigenvalue weighted by atomic mass is 16.7. The van der Waals surface area contributed by atoms with Crippen molar-refractivity contribution in [3.63, 3.8) is 0 Å². The van der Waals surface area contributed by atoms with Crippen LogP contribution in [0.4, 0.5) is 0 Å². The highest BCUT2D eigenvalue weighted by Gasteiger charge is 2.19. The van der Waals surface area contributed by atoms with Gasteiger partial charge in [-0.2, -0.15) is 10.4 Å². The number of fused-ring (bicyclic) bond motifs is 1. The average Bonchev–Trinajstić information content (AvgIpc) is 3.14. The topological polar surface area (TPSA) is 102 Å². The number of amides is 1. The van der Waals surface area contributed by atoms with Gasteiger partial charge in [0.25, 0.3) is 5.91 Å². The van der Waals surface area contributed by atoms with Gasteiger partial charge in [0.2, 0.25) is 12.5 Å². The largest absolute Gasteiger partial charge is 0.493 e. The highest BCUT2D eigenvalue weighted by Crippen LogP contribution is 2.41. The Bertz CT molecular complexity index is 872. The molecule has 0 saturated heterocycles. The number of carbonyl (C=O) groups excluding carboxylic acids is 1. The molecule has 3 rings (SSSR count). The molecule has 0 unspecified atom stereocenters. The van der Waals surface area contributed by atoms with Crippen molar-refractivity contribution in [2.45, 2.75) is 0 Å². The first-order valence-corrected chi connectivity index (χ1v) is 7.62. The van der Waals surface area contributed by atoms with Crippen LogP contribution in [0.5, 0.6) is 23.0 Å². The van der Waals surface area contributed by atoms with Gasteiger partial charge < -0.3 is 18.9 Å². The third-order valence-corrected chi connectivity index (χ3v) is 3.44. The van der Waals surface area contributed by atoms with Crippen molar-refractivity contribution >= 4 is 12.1 Å². The molecule has 0 saturated carbocycles. The number of hydrazone groups is 1. The van der Waals surface area contributed by atoms with Gasteiger partial charge in [-0.05, 0) is 36.4 Å². The van der Waals surface area contributed by atoms with Crippen molar-refractivity contribution in [3.8, 4) is 29.1 Å². The normalized spacial score (nSPS) is 11.8. The number of benzene rings is 2. The summed E-state index contributed by atoms with van der Waals surface area (Å²) in [4.78, 5) is 11.8. The zero-order valence-corrected chi connectivity index (χ0v) is 13.9. The van der Waals surface area contributed by atoms with Crippen LogP contribution in [-0.2, 0) is 4.79 Å². The van der Waals surface area contributed by atoms with Crippen LogP contribution in [0.25, 0.3) is 0 Å². The molecule has 2 aromatic rings. The molecular weight excluding hydrogens is 338 g/mol. The zero-order valence-electron chi connectivity index (χ0n) is 13.9. The Labute approximate surface area is 149 Å². The number of hydrogen-bond acceptors (Lipinski definition) is 7. The summed E-state index contributed by atoms with van der Waals surface area (Å²) in [6, 6.07) is 11.9. The lowest BCUT2D eigenvalue weighted by Crippen LogP contribution is -2.24. The van der Waals surface area contributed by atoms with E-state index in [1.54, 1.807) is 36.4 Å². The molecule has 0 bridgehead atoms. The Kier molecular flexibility index (Phi) is 5.19. The Morgan fingerprint density at radius 2 is 2.15 bits per heavy atom. The molecule has 0 aliphatic carbocycles. The second-order valence-electron chi connectivity index (χ2n) is 5.17. The van der Waals surface area contributed by atoms with Crippen molar-refractivity contribution in [1.29, 1.82) is 5.26 Å². The van der Waals surface area contributed by atoms with E-state index < -0.39 is 5.91 Å². The van der Waals surface area contributed by atoms with E-state index in [-0.39, 0.29) is 13.4 Å². The van der Waals surface area contributed by atoms with E-state index in [0.717, 1.165) is 0 Å². The number of ether oxygens (including phenoxy) is 4. The Balaban J connectivity index is 1.53. The van der Waals surface area contributed by atoms with Gasteiger partial charge in [0, 0.05) is 5.56 Å². The van der Waals surface area contributed by atoms with Crippen molar-refractivity contribution in [1.82, 2.24) is 5.43 Å². The molecule has 2 aromatic carbocycles. The minimum atomic E-state index is -0.418. The summed E-state index contributed by atoms with van der Waals surface area (Å²) in [5.74, 6) is 1.70. The van der Waals surface area contributed by atoms with Crippen LogP contribution < -0.4 is 24.4 Å². The van der Waals surface area contributed by atoms with E-state index in [0.29, 0.717) is 34.1 Å². The molecule has 26 heavy (non-hydrogen) atoms. The maximum absolute atomic E-state index is 11.8. The van der Waals surface area contributed by atoms with Gasteiger partial charge >= 0.3 is 0 Å². The first-order chi connectivity index (χ1) is 12.7. The summed E-state index contributed by atoms with van der Waals surface area (Å²) in [5, 5.41) is 12.6. The minimum absolute atomic E-state index is 0.135. The molecule has 8 heteroatoms. The number of nitriles is 1. The molecule has 0 aromatic heterocycles. The first kappa shape index (κ1) is 17.1. The SMILES string of the molecule is COc1cc(/C=N\NC(=O)COc2ccc(C#N)cc2)cc2c1OCO2. The Morgan fingerprint density at radius 1 is 1.35 bits per heavy atom. The first-order valence-electron chi connectivity index (χ1n) is 7.62. The monoisotopic (exact) mass is 353 g/mol. The van der Waals surface area contributed by atoms with E-state index in [1.165, 1.54) is 13.3 Å². The number of nitrogens with one attached hydrogen (secondary N) is 1. The quantitative estimate of drug-likeness (QED) is 0.628. The van der Waals surface area contributed by atoms with Gasteiger partial charge in [-0.3, -0.25) is 4.79 Å². The average molecular weight is 353 g/mol. The van der Waals surface area contributed by atoms with Gasteiger partial charge in [0.1, 0.15) is 5.75 Å². The van der Waals surface area contributed by atoms with Crippen LogP contribution in [0, 0.1) is 11.3 Å². The molecule has 0 atom stereocenters. The van der Waals surface area contributed by atoms with Gasteiger partial charge in [-0.1, -0.05) is 0 Å². The predicted molar refractivity (Wildman–Crippen MR) is 91.5 cm³/mol. The highest BCUT2D eigenvalue weighted by molar-refractivity contribution is 5.84. The van der Waals surface area contributed by atoms with E-state index in [4.69, 9.17) is 24.2 Å². The molecule has 0 radical (unpaired) electrons. The lowest BCUT2D eigenvalue weighted by Gasteiger charge is -2.06. The summed E-state index contributed by atoms with van der Waals surface area (Å²) in [5.41, 5.74) is 3.57. The standard InChI is InChI=1S/C18H15N3O5/c1-23-15-6-13(7-16-18(15)26-11-25-16)9-20-21-17(22)10-24-14-4-2-12(8-19)3-5-14/h2-7,9H,10-11H2,1H3,(H,21,22)/b20-9-. The van der Waals surface area contributed by atoms with Gasteiger partial charge in [-0.25, -0.2) is 5.43 Å². The van der Waals surface area contributed by atoms with Gasteiger partial charge in [-0.15, -0.1) is 0 Å². The fourth-order valence-corrected chi connectivity index (χ4v) is 2.21. The van der Waals surface area contributed by atoms with E-state index in [1.807, 2.05) is 6.07 Å². The number of hydrogen-bond donors (Lipinski definition) is 1. The van der Waals surface area contributed by atoms with Crippen molar-refractivity contribution < 1.29 is 23.7 Å². The van der Waals surface area contributed by atoms with Crippen LogP contribution >= 0.6 is 0 Å². The third kappa shape index (κ3) is 4.02. The van der Waals surface area contributed by atoms with Crippen LogP contribution in [0.1, 0.15) is 11.1 Å². The smallest absolute Gasteiger partial charge is 0.277 e. The summed E-state index contributed by atoms with van der Waals surface area (Å²) in [7, 11) is 1.53. The van der Waals surface area contributed by atoms with Gasteiger partial charge in [0.05, 0.1) is 25.0 Å². The molecule has 132 valence electrons. The molecule has 0 fully saturated rings. The minimum Gasteiger partial charge on any atom is -0.493 e. The predicted octanol–water partition coefficient (Wildman–Crippen LogP) is 1.82. The molecule has 1 amide bonds. The second-order valence-corrected chi connectivity index (χ2v) is 5.17. The Morgan fingerprint density at radius 3 is 2.88 bits per heavy atom. The van der Waals surface area contributed by atoms with Gasteiger partial charge in [0.15, 0.2) is 18.1 Å². The molecule has 1 N–H and O–H groups in total. The molecule has 8 nitrogen and oxygen atoms in total. The van der Waals surface area contributed by atoms with Crippen molar-refractivity contribution in [2.75, 3.05) is 20.5 Å². The van der Waals surface area contributed by atoms with Crippen molar-refractivity contribution in [3.05, 3.63) is 47.5 Å². The third-order valence-electron chi connectivity index (χ3n) is 3.44. The van der Waals surface area contributed by atoms with E-state index >= 15 is 0 Å². The lowest BCUT2D eigenvalue weighted by molar-refractivity contribution is -0.123. The van der Waals surface area contributed by atoms with Crippen molar-refractivity contribution in [2.24, 2.45) is 5.10 Å². The molecular formula is C18H15N3O5. The fraction of sp³-hybridized carbons (Fsp3) is 0.167. The Hall–Kier alpha value is -3.73.